The van der Waals surface area contributed by atoms with Crippen molar-refractivity contribution in [3.63, 3.8) is 0 Å². The topological polar surface area (TPSA) is 38.9 Å². The highest BCUT2D eigenvalue weighted by Crippen LogP contribution is 2.26. The first kappa shape index (κ1) is 13.2. The van der Waals surface area contributed by atoms with Crippen molar-refractivity contribution in [1.29, 1.82) is 0 Å². The number of nitrogens with zero attached hydrogens (tertiary/aromatic N) is 1. The zero-order valence-electron chi connectivity index (χ0n) is 10.6. The summed E-state index contributed by atoms with van der Waals surface area (Å²) in [5, 5.41) is 1.08. The normalized spacial score (nSPS) is 12.7. The van der Waals surface area contributed by atoms with Crippen molar-refractivity contribution in [2.24, 2.45) is 5.73 Å². The third-order valence-corrected chi connectivity index (χ3v) is 4.31. The molecule has 1 aromatic carbocycles. The molecule has 0 spiro atoms. The summed E-state index contributed by atoms with van der Waals surface area (Å²) in [7, 11) is 0. The van der Waals surface area contributed by atoms with Crippen LogP contribution in [-0.4, -0.2) is 11.5 Å². The number of hydrogen-bond acceptors (Lipinski definition) is 3. The summed E-state index contributed by atoms with van der Waals surface area (Å²) in [6, 6.07) is 6.60. The molecule has 0 amide bonds. The minimum Gasteiger partial charge on any atom is -0.330 e. The number of halogens is 1. The van der Waals surface area contributed by atoms with Gasteiger partial charge in [-0.15, -0.1) is 11.3 Å². The van der Waals surface area contributed by atoms with Gasteiger partial charge < -0.3 is 5.73 Å². The highest BCUT2D eigenvalue weighted by molar-refractivity contribution is 7.11. The molecule has 0 aliphatic heterocycles. The van der Waals surface area contributed by atoms with E-state index in [1.807, 2.05) is 19.1 Å². The van der Waals surface area contributed by atoms with Crippen molar-refractivity contribution >= 4 is 11.3 Å². The van der Waals surface area contributed by atoms with Crippen LogP contribution < -0.4 is 5.73 Å². The van der Waals surface area contributed by atoms with Crippen molar-refractivity contribution in [2.75, 3.05) is 6.54 Å². The summed E-state index contributed by atoms with van der Waals surface area (Å²) in [5.41, 5.74) is 8.01. The molecule has 1 unspecified atom stereocenters. The van der Waals surface area contributed by atoms with E-state index >= 15 is 0 Å². The number of aryl methyl sites for hydroxylation is 2. The van der Waals surface area contributed by atoms with Gasteiger partial charge in [0.15, 0.2) is 0 Å². The second-order valence-electron chi connectivity index (χ2n) is 4.46. The second-order valence-corrected chi connectivity index (χ2v) is 5.69. The van der Waals surface area contributed by atoms with Gasteiger partial charge in [-0.25, -0.2) is 9.37 Å². The van der Waals surface area contributed by atoms with Crippen molar-refractivity contribution in [3.05, 3.63) is 51.2 Å². The van der Waals surface area contributed by atoms with Crippen LogP contribution in [0.1, 0.15) is 27.1 Å². The van der Waals surface area contributed by atoms with Crippen LogP contribution in [0.5, 0.6) is 0 Å². The smallest absolute Gasteiger partial charge is 0.123 e. The molecule has 0 radical (unpaired) electrons. The zero-order valence-corrected chi connectivity index (χ0v) is 11.4. The van der Waals surface area contributed by atoms with Crippen LogP contribution in [0.3, 0.4) is 0 Å². The van der Waals surface area contributed by atoms with Crippen LogP contribution >= 0.6 is 11.3 Å². The lowest BCUT2D eigenvalue weighted by Gasteiger charge is -2.11. The van der Waals surface area contributed by atoms with E-state index in [9.17, 15) is 4.39 Å². The van der Waals surface area contributed by atoms with Crippen LogP contribution in [0.15, 0.2) is 24.3 Å². The summed E-state index contributed by atoms with van der Waals surface area (Å²) in [6.45, 7) is 4.65. The fourth-order valence-corrected chi connectivity index (χ4v) is 2.88. The summed E-state index contributed by atoms with van der Waals surface area (Å²) in [4.78, 5) is 5.80. The first-order valence-corrected chi connectivity index (χ1v) is 6.80. The Bertz CT molecular complexity index is 500. The maximum atomic E-state index is 12.9. The van der Waals surface area contributed by atoms with Crippen LogP contribution in [-0.2, 0) is 6.42 Å². The number of benzene rings is 1. The SMILES string of the molecule is Cc1nc(C(CN)Cc2ccc(F)cc2)sc1C. The largest absolute Gasteiger partial charge is 0.330 e. The molecule has 2 nitrogen and oxygen atoms in total. The Morgan fingerprint density at radius 2 is 1.94 bits per heavy atom. The molecule has 18 heavy (non-hydrogen) atoms. The highest BCUT2D eigenvalue weighted by atomic mass is 32.1. The van der Waals surface area contributed by atoms with Crippen LogP contribution in [0, 0.1) is 19.7 Å². The van der Waals surface area contributed by atoms with Gasteiger partial charge in [-0.05, 0) is 38.0 Å². The van der Waals surface area contributed by atoms with Crippen LogP contribution in [0.4, 0.5) is 4.39 Å². The minimum atomic E-state index is -0.205. The molecule has 0 saturated heterocycles. The molecule has 0 fully saturated rings. The van der Waals surface area contributed by atoms with E-state index in [0.717, 1.165) is 22.7 Å². The van der Waals surface area contributed by atoms with Crippen molar-refractivity contribution < 1.29 is 4.39 Å². The molecule has 0 aliphatic carbocycles. The molecular formula is C14H17FN2S. The Morgan fingerprint density at radius 3 is 2.44 bits per heavy atom. The van der Waals surface area contributed by atoms with E-state index in [1.54, 1.807) is 11.3 Å². The average molecular weight is 264 g/mol. The molecule has 1 aromatic heterocycles. The van der Waals surface area contributed by atoms with Gasteiger partial charge in [0.05, 0.1) is 10.7 Å². The minimum absolute atomic E-state index is 0.205. The molecule has 4 heteroatoms. The lowest BCUT2D eigenvalue weighted by molar-refractivity contribution is 0.625. The number of nitrogens with two attached hydrogens (primary N) is 1. The summed E-state index contributed by atoms with van der Waals surface area (Å²) in [6.07, 6.45) is 0.809. The highest BCUT2D eigenvalue weighted by Gasteiger charge is 2.15. The molecule has 2 aromatic rings. The molecule has 1 heterocycles. The molecular weight excluding hydrogens is 247 g/mol. The van der Waals surface area contributed by atoms with Crippen molar-refractivity contribution in [1.82, 2.24) is 4.98 Å². The lowest BCUT2D eigenvalue weighted by Crippen LogP contribution is -2.15. The number of aromatic nitrogens is 1. The lowest BCUT2D eigenvalue weighted by atomic mass is 10.00. The second kappa shape index (κ2) is 5.59. The quantitative estimate of drug-likeness (QED) is 0.921. The van der Waals surface area contributed by atoms with E-state index in [0.29, 0.717) is 6.54 Å². The van der Waals surface area contributed by atoms with E-state index in [2.05, 4.69) is 11.9 Å². The molecule has 0 saturated carbocycles. The number of thiazole rings is 1. The molecule has 2 rings (SSSR count). The fraction of sp³-hybridized carbons (Fsp3) is 0.357. The van der Waals surface area contributed by atoms with Gasteiger partial charge in [0.1, 0.15) is 5.82 Å². The predicted octanol–water partition coefficient (Wildman–Crippen LogP) is 3.18. The van der Waals surface area contributed by atoms with Gasteiger partial charge in [-0.3, -0.25) is 0 Å². The Balaban J connectivity index is 2.16. The summed E-state index contributed by atoms with van der Waals surface area (Å²) in [5.74, 6) is 0.0110. The molecule has 2 N–H and O–H groups in total. The summed E-state index contributed by atoms with van der Waals surface area (Å²) >= 11 is 1.70. The van der Waals surface area contributed by atoms with Gasteiger partial charge >= 0.3 is 0 Å². The van der Waals surface area contributed by atoms with Crippen molar-refractivity contribution in [2.45, 2.75) is 26.2 Å². The van der Waals surface area contributed by atoms with E-state index in [1.165, 1.54) is 17.0 Å². The van der Waals surface area contributed by atoms with E-state index in [-0.39, 0.29) is 11.7 Å². The standard InChI is InChI=1S/C14H17FN2S/c1-9-10(2)18-14(17-9)12(8-16)7-11-3-5-13(15)6-4-11/h3-6,12H,7-8,16H2,1-2H3. The third-order valence-electron chi connectivity index (χ3n) is 3.07. The maximum absolute atomic E-state index is 12.9. The van der Waals surface area contributed by atoms with E-state index < -0.39 is 0 Å². The zero-order chi connectivity index (χ0) is 13.1. The van der Waals surface area contributed by atoms with E-state index in [4.69, 9.17) is 5.73 Å². The first-order chi connectivity index (χ1) is 8.60. The molecule has 0 bridgehead atoms. The van der Waals surface area contributed by atoms with Gasteiger partial charge in [-0.1, -0.05) is 12.1 Å². The fourth-order valence-electron chi connectivity index (χ4n) is 1.85. The van der Waals surface area contributed by atoms with Gasteiger partial charge in [0, 0.05) is 17.3 Å². The van der Waals surface area contributed by atoms with Gasteiger partial charge in [0.25, 0.3) is 0 Å². The van der Waals surface area contributed by atoms with Crippen LogP contribution in [0.2, 0.25) is 0 Å². The Labute approximate surface area is 111 Å². The Morgan fingerprint density at radius 1 is 1.28 bits per heavy atom. The van der Waals surface area contributed by atoms with Crippen molar-refractivity contribution in [3.8, 4) is 0 Å². The van der Waals surface area contributed by atoms with Gasteiger partial charge in [0.2, 0.25) is 0 Å². The third kappa shape index (κ3) is 2.94. The maximum Gasteiger partial charge on any atom is 0.123 e. The monoisotopic (exact) mass is 264 g/mol. The first-order valence-electron chi connectivity index (χ1n) is 5.98. The Hall–Kier alpha value is -1.26. The predicted molar refractivity (Wildman–Crippen MR) is 73.5 cm³/mol. The average Bonchev–Trinajstić information content (AvgIpc) is 2.69. The number of hydrogen-bond donors (Lipinski definition) is 1. The van der Waals surface area contributed by atoms with Crippen LogP contribution in [0.25, 0.3) is 0 Å². The molecule has 1 atom stereocenters. The van der Waals surface area contributed by atoms with Gasteiger partial charge in [-0.2, -0.15) is 0 Å². The molecule has 0 aliphatic rings. The molecule has 96 valence electrons. The summed E-state index contributed by atoms with van der Waals surface area (Å²) < 4.78 is 12.9. The Kier molecular flexibility index (Phi) is 4.09. The number of rotatable bonds is 4.